The van der Waals surface area contributed by atoms with E-state index in [4.69, 9.17) is 34.8 Å². The number of likely N-dealkylation sites (N-methyl/N-ethyl adjacent to an activating group) is 1. The second-order valence-corrected chi connectivity index (χ2v) is 12.7. The second-order valence-electron chi connectivity index (χ2n) is 9.56. The third-order valence-electron chi connectivity index (χ3n) is 6.52. The molecule has 0 heterocycles. The van der Waals surface area contributed by atoms with E-state index in [0.717, 1.165) is 22.6 Å². The first-order valence-electron chi connectivity index (χ1n) is 13.1. The van der Waals surface area contributed by atoms with Crippen LogP contribution in [0, 0.1) is 6.92 Å². The van der Waals surface area contributed by atoms with Gasteiger partial charge in [0.2, 0.25) is 11.8 Å². The molecule has 0 aliphatic rings. The number of carbonyl (C=O) groups is 2. The second kappa shape index (κ2) is 14.2. The molecule has 3 rings (SSSR count). The molecule has 0 bridgehead atoms. The van der Waals surface area contributed by atoms with Crippen molar-refractivity contribution in [2.45, 2.75) is 50.9 Å². The lowest BCUT2D eigenvalue weighted by Crippen LogP contribution is -2.52. The summed E-state index contributed by atoms with van der Waals surface area (Å²) in [4.78, 5) is 27.9. The van der Waals surface area contributed by atoms with Crippen LogP contribution in [-0.2, 0) is 32.3 Å². The molecule has 3 aromatic rings. The highest BCUT2D eigenvalue weighted by molar-refractivity contribution is 7.92. The van der Waals surface area contributed by atoms with E-state index < -0.39 is 56.9 Å². The monoisotopic (exact) mass is 677 g/mol. The number of nitrogens with zero attached hydrogens (tertiary/aromatic N) is 2. The van der Waals surface area contributed by atoms with Crippen LogP contribution in [-0.4, -0.2) is 44.3 Å². The van der Waals surface area contributed by atoms with Crippen molar-refractivity contribution >= 4 is 62.3 Å². The number of amides is 2. The molecule has 0 aliphatic heterocycles. The van der Waals surface area contributed by atoms with Gasteiger partial charge in [0.15, 0.2) is 0 Å². The number of halogens is 6. The topological polar surface area (TPSA) is 86.8 Å². The number of carbonyl (C=O) groups excluding carboxylic acids is 2. The average Bonchev–Trinajstić information content (AvgIpc) is 2.92. The van der Waals surface area contributed by atoms with Crippen molar-refractivity contribution in [3.8, 4) is 0 Å². The van der Waals surface area contributed by atoms with Crippen molar-refractivity contribution in [3.63, 3.8) is 0 Å². The van der Waals surface area contributed by atoms with Crippen molar-refractivity contribution in [1.29, 1.82) is 0 Å². The summed E-state index contributed by atoms with van der Waals surface area (Å²) in [5.41, 5.74) is -0.560. The van der Waals surface area contributed by atoms with Gasteiger partial charge in [-0.1, -0.05) is 65.5 Å². The van der Waals surface area contributed by atoms with Crippen LogP contribution in [0.1, 0.15) is 37.0 Å². The molecule has 0 aromatic heterocycles. The van der Waals surface area contributed by atoms with Gasteiger partial charge in [-0.05, 0) is 68.3 Å². The van der Waals surface area contributed by atoms with E-state index in [9.17, 15) is 31.2 Å². The highest BCUT2D eigenvalue weighted by Crippen LogP contribution is 2.38. The quantitative estimate of drug-likeness (QED) is 0.234. The maximum absolute atomic E-state index is 14.0. The third-order valence-corrected chi connectivity index (χ3v) is 9.23. The number of hydrogen-bond donors (Lipinski definition) is 1. The van der Waals surface area contributed by atoms with Crippen molar-refractivity contribution in [2.75, 3.05) is 17.4 Å². The van der Waals surface area contributed by atoms with E-state index in [0.29, 0.717) is 21.0 Å². The Kier molecular flexibility index (Phi) is 11.4. The summed E-state index contributed by atoms with van der Waals surface area (Å²) >= 11 is 18.2. The number of anilines is 1. The Morgan fingerprint density at radius 1 is 0.930 bits per heavy atom. The Morgan fingerprint density at radius 3 is 2.14 bits per heavy atom. The lowest BCUT2D eigenvalue weighted by molar-refractivity contribution is -0.140. The van der Waals surface area contributed by atoms with E-state index in [1.807, 2.05) is 0 Å². The smallest absolute Gasteiger partial charge is 0.355 e. The average molecular weight is 679 g/mol. The zero-order chi connectivity index (χ0) is 32.1. The molecule has 1 N–H and O–H groups in total. The van der Waals surface area contributed by atoms with Gasteiger partial charge in [0.25, 0.3) is 10.0 Å². The van der Waals surface area contributed by atoms with E-state index in [2.05, 4.69) is 5.32 Å². The number of alkyl halides is 3. The highest BCUT2D eigenvalue weighted by Gasteiger charge is 2.37. The largest absolute Gasteiger partial charge is 0.417 e. The molecular formula is C29H29Cl3F3N3O4S. The van der Waals surface area contributed by atoms with Crippen LogP contribution in [0.5, 0.6) is 0 Å². The van der Waals surface area contributed by atoms with Gasteiger partial charge < -0.3 is 10.2 Å². The molecule has 0 fully saturated rings. The SMILES string of the molecule is CCNC(=O)[C@@H](CC)N(Cc1ccc(Cl)cc1Cl)C(=O)CN(c1ccc(Cl)c(C(F)(F)F)c1)S(=O)(=O)c1ccc(C)cc1. The summed E-state index contributed by atoms with van der Waals surface area (Å²) < 4.78 is 69.7. The number of hydrogen-bond acceptors (Lipinski definition) is 4. The van der Waals surface area contributed by atoms with Crippen molar-refractivity contribution in [2.24, 2.45) is 0 Å². The molecule has 7 nitrogen and oxygen atoms in total. The molecule has 14 heteroatoms. The van der Waals surface area contributed by atoms with E-state index in [-0.39, 0.29) is 29.4 Å². The van der Waals surface area contributed by atoms with Crippen LogP contribution in [0.3, 0.4) is 0 Å². The van der Waals surface area contributed by atoms with Crippen LogP contribution >= 0.6 is 34.8 Å². The van der Waals surface area contributed by atoms with Crippen molar-refractivity contribution < 1.29 is 31.2 Å². The molecule has 0 unspecified atom stereocenters. The van der Waals surface area contributed by atoms with Crippen LogP contribution in [0.15, 0.2) is 65.6 Å². The maximum Gasteiger partial charge on any atom is 0.417 e. The van der Waals surface area contributed by atoms with E-state index in [1.54, 1.807) is 32.9 Å². The predicted molar refractivity (Wildman–Crippen MR) is 162 cm³/mol. The van der Waals surface area contributed by atoms with Crippen molar-refractivity contribution in [1.82, 2.24) is 10.2 Å². The number of nitrogens with one attached hydrogen (secondary N) is 1. The van der Waals surface area contributed by atoms with Gasteiger partial charge in [-0.3, -0.25) is 13.9 Å². The number of rotatable bonds is 11. The number of aryl methyl sites for hydroxylation is 1. The summed E-state index contributed by atoms with van der Waals surface area (Å²) in [5, 5.41) is 2.55. The van der Waals surface area contributed by atoms with Crippen molar-refractivity contribution in [3.05, 3.63) is 92.4 Å². The highest BCUT2D eigenvalue weighted by atomic mass is 35.5. The van der Waals surface area contributed by atoms with Gasteiger partial charge in [0, 0.05) is 23.1 Å². The molecule has 0 saturated heterocycles. The minimum absolute atomic E-state index is 0.145. The Hall–Kier alpha value is -2.99. The summed E-state index contributed by atoms with van der Waals surface area (Å²) in [6.45, 7) is 4.21. The Balaban J connectivity index is 2.17. The van der Waals surface area contributed by atoms with Crippen LogP contribution in [0.4, 0.5) is 18.9 Å². The summed E-state index contributed by atoms with van der Waals surface area (Å²) in [7, 11) is -4.59. The van der Waals surface area contributed by atoms with Gasteiger partial charge in [0.05, 0.1) is 21.2 Å². The van der Waals surface area contributed by atoms with Crippen LogP contribution in [0.2, 0.25) is 15.1 Å². The summed E-state index contributed by atoms with van der Waals surface area (Å²) in [6, 6.07) is 11.7. The molecule has 2 amide bonds. The molecule has 43 heavy (non-hydrogen) atoms. The van der Waals surface area contributed by atoms with Gasteiger partial charge in [-0.25, -0.2) is 8.42 Å². The fraction of sp³-hybridized carbons (Fsp3) is 0.310. The van der Waals surface area contributed by atoms with Gasteiger partial charge in [-0.15, -0.1) is 0 Å². The fourth-order valence-corrected chi connectivity index (χ4v) is 6.40. The molecule has 1 atom stereocenters. The summed E-state index contributed by atoms with van der Waals surface area (Å²) in [6.07, 6.45) is -4.76. The minimum Gasteiger partial charge on any atom is -0.355 e. The molecule has 232 valence electrons. The zero-order valence-electron chi connectivity index (χ0n) is 23.4. The zero-order valence-corrected chi connectivity index (χ0v) is 26.5. The normalized spacial score (nSPS) is 12.5. The minimum atomic E-state index is -4.90. The first-order chi connectivity index (χ1) is 20.1. The lowest BCUT2D eigenvalue weighted by Gasteiger charge is -2.33. The molecule has 0 spiro atoms. The lowest BCUT2D eigenvalue weighted by atomic mass is 10.1. The summed E-state index contributed by atoms with van der Waals surface area (Å²) in [5.74, 6) is -1.36. The Labute approximate surface area is 263 Å². The number of sulfonamides is 1. The number of benzene rings is 3. The third kappa shape index (κ3) is 8.35. The molecule has 0 saturated carbocycles. The first kappa shape index (κ1) is 34.5. The molecule has 3 aromatic carbocycles. The molecular weight excluding hydrogens is 650 g/mol. The maximum atomic E-state index is 14.0. The van der Waals surface area contributed by atoms with Crippen LogP contribution < -0.4 is 9.62 Å². The van der Waals surface area contributed by atoms with Gasteiger partial charge in [0.1, 0.15) is 12.6 Å². The van der Waals surface area contributed by atoms with E-state index in [1.165, 1.54) is 30.3 Å². The van der Waals surface area contributed by atoms with Gasteiger partial charge >= 0.3 is 6.18 Å². The Morgan fingerprint density at radius 2 is 1.58 bits per heavy atom. The van der Waals surface area contributed by atoms with Gasteiger partial charge in [-0.2, -0.15) is 13.2 Å². The predicted octanol–water partition coefficient (Wildman–Crippen LogP) is 7.11. The Bertz CT molecular complexity index is 1590. The standard InChI is InChI=1S/C29H29Cl3F3N3O4S/c1-4-26(28(40)36-5-2)37(16-19-8-9-20(30)14-25(19)32)27(39)17-38(43(41,42)22-11-6-18(3)7-12-22)21-10-13-24(31)23(15-21)29(33,34)35/h6-15,26H,4-5,16-17H2,1-3H3,(H,36,40)/t26-/m1/s1. The van der Waals surface area contributed by atoms with E-state index >= 15 is 0 Å². The first-order valence-corrected chi connectivity index (χ1v) is 15.6. The van der Waals surface area contributed by atoms with Crippen LogP contribution in [0.25, 0.3) is 0 Å². The molecule has 0 radical (unpaired) electrons. The fourth-order valence-electron chi connectivity index (χ4n) is 4.30. The molecule has 0 aliphatic carbocycles.